The van der Waals surface area contributed by atoms with Crippen LogP contribution in [0.1, 0.15) is 22.1 Å². The van der Waals surface area contributed by atoms with Gasteiger partial charge in [-0.05, 0) is 54.1 Å². The third-order valence-corrected chi connectivity index (χ3v) is 5.29. The van der Waals surface area contributed by atoms with Crippen molar-refractivity contribution < 1.29 is 9.53 Å². The van der Waals surface area contributed by atoms with Crippen molar-refractivity contribution in [3.8, 4) is 11.4 Å². The van der Waals surface area contributed by atoms with Gasteiger partial charge in [-0.1, -0.05) is 24.3 Å². The Morgan fingerprint density at radius 2 is 1.67 bits per heavy atom. The quantitative estimate of drug-likeness (QED) is 0.545. The molecule has 4 aromatic rings. The highest BCUT2D eigenvalue weighted by Crippen LogP contribution is 2.37. The molecule has 6 heteroatoms. The van der Waals surface area contributed by atoms with Gasteiger partial charge in [-0.25, -0.2) is 4.98 Å². The summed E-state index contributed by atoms with van der Waals surface area (Å²) in [5.41, 5.74) is 4.27. The van der Waals surface area contributed by atoms with Crippen LogP contribution in [0.25, 0.3) is 5.69 Å². The Bertz CT molecular complexity index is 1170. The van der Waals surface area contributed by atoms with Gasteiger partial charge in [0.15, 0.2) is 0 Å². The second kappa shape index (κ2) is 7.40. The molecule has 1 N–H and O–H groups in total. The monoisotopic (exact) mass is 396 g/mol. The molecule has 0 unspecified atom stereocenters. The summed E-state index contributed by atoms with van der Waals surface area (Å²) in [5, 5.41) is 3.53. The predicted molar refractivity (Wildman–Crippen MR) is 116 cm³/mol. The fourth-order valence-corrected chi connectivity index (χ4v) is 3.74. The highest BCUT2D eigenvalue weighted by Gasteiger charge is 2.34. The summed E-state index contributed by atoms with van der Waals surface area (Å²) in [6, 6.07) is 23.2. The summed E-state index contributed by atoms with van der Waals surface area (Å²) in [5.74, 6) is 0.705. The van der Waals surface area contributed by atoms with Gasteiger partial charge in [-0.3, -0.25) is 9.69 Å². The van der Waals surface area contributed by atoms with Gasteiger partial charge in [0.1, 0.15) is 11.9 Å². The summed E-state index contributed by atoms with van der Waals surface area (Å²) in [6.45, 7) is 0. The van der Waals surface area contributed by atoms with Crippen LogP contribution in [-0.2, 0) is 0 Å². The fraction of sp³-hybridized carbons (Fsp3) is 0.0833. The van der Waals surface area contributed by atoms with E-state index in [1.54, 1.807) is 24.5 Å². The first-order chi connectivity index (χ1) is 14.7. The largest absolute Gasteiger partial charge is 0.497 e. The second-order valence-corrected chi connectivity index (χ2v) is 7.03. The molecule has 5 rings (SSSR count). The molecular weight excluding hydrogens is 376 g/mol. The number of rotatable bonds is 4. The van der Waals surface area contributed by atoms with Gasteiger partial charge in [-0.2, -0.15) is 0 Å². The van der Waals surface area contributed by atoms with E-state index in [0.29, 0.717) is 5.56 Å². The minimum absolute atomic E-state index is 0.0433. The number of methoxy groups -OCH3 is 1. The van der Waals surface area contributed by atoms with Gasteiger partial charge >= 0.3 is 0 Å². The van der Waals surface area contributed by atoms with E-state index in [2.05, 4.69) is 10.3 Å². The summed E-state index contributed by atoms with van der Waals surface area (Å²) in [6.07, 6.45) is 5.07. The lowest BCUT2D eigenvalue weighted by Gasteiger charge is -2.38. The number of carbonyl (C=O) groups excluding carboxylic acids is 1. The molecule has 3 aromatic carbocycles. The summed E-state index contributed by atoms with van der Waals surface area (Å²) in [4.78, 5) is 19.3. The van der Waals surface area contributed by atoms with Crippen LogP contribution >= 0.6 is 0 Å². The summed E-state index contributed by atoms with van der Waals surface area (Å²) < 4.78 is 7.22. The average Bonchev–Trinajstić information content (AvgIpc) is 3.34. The van der Waals surface area contributed by atoms with E-state index < -0.39 is 0 Å². The molecule has 1 amide bonds. The molecule has 0 fully saturated rings. The van der Waals surface area contributed by atoms with Crippen molar-refractivity contribution in [1.29, 1.82) is 0 Å². The number of para-hydroxylation sites is 1. The van der Waals surface area contributed by atoms with Crippen molar-refractivity contribution in [2.24, 2.45) is 0 Å². The lowest BCUT2D eigenvalue weighted by atomic mass is 10.0. The molecule has 0 bridgehead atoms. The van der Waals surface area contributed by atoms with Gasteiger partial charge in [0, 0.05) is 29.5 Å². The molecule has 0 aliphatic carbocycles. The first-order valence-electron chi connectivity index (χ1n) is 9.66. The molecule has 30 heavy (non-hydrogen) atoms. The van der Waals surface area contributed by atoms with Gasteiger partial charge in [0.2, 0.25) is 0 Å². The topological polar surface area (TPSA) is 59.4 Å². The van der Waals surface area contributed by atoms with Crippen molar-refractivity contribution in [2.45, 2.75) is 6.17 Å². The maximum absolute atomic E-state index is 13.5. The zero-order valence-corrected chi connectivity index (χ0v) is 16.4. The number of amides is 1. The maximum atomic E-state index is 13.5. The Morgan fingerprint density at radius 1 is 0.933 bits per heavy atom. The minimum Gasteiger partial charge on any atom is -0.497 e. The number of carbonyl (C=O) groups is 1. The van der Waals surface area contributed by atoms with Crippen LogP contribution in [0.4, 0.5) is 11.4 Å². The number of hydrogen-bond acceptors (Lipinski definition) is 4. The molecule has 1 aliphatic heterocycles. The standard InChI is InChI=1S/C24H20N4O2/c1-30-20-12-10-19(11-13-20)28-23(26-22-5-3-2-4-21(22)24(28)29)17-6-8-18(9-7-17)27-15-14-25-16-27/h2-16,23,26H,1H3/t23-/m0/s1. The van der Waals surface area contributed by atoms with Crippen LogP contribution < -0.4 is 15.0 Å². The fourth-order valence-electron chi connectivity index (χ4n) is 3.74. The number of nitrogens with one attached hydrogen (secondary N) is 1. The van der Waals surface area contributed by atoms with Crippen LogP contribution in [0.3, 0.4) is 0 Å². The van der Waals surface area contributed by atoms with E-state index in [9.17, 15) is 4.79 Å². The van der Waals surface area contributed by atoms with E-state index >= 15 is 0 Å². The number of benzene rings is 3. The van der Waals surface area contributed by atoms with Crippen LogP contribution in [0.5, 0.6) is 5.75 Å². The number of imidazole rings is 1. The van der Waals surface area contributed by atoms with Gasteiger partial charge in [0.25, 0.3) is 5.91 Å². The van der Waals surface area contributed by atoms with Crippen molar-refractivity contribution in [3.05, 3.63) is 103 Å². The Kier molecular flexibility index (Phi) is 4.44. The van der Waals surface area contributed by atoms with Gasteiger partial charge in [-0.15, -0.1) is 0 Å². The van der Waals surface area contributed by atoms with E-state index in [1.165, 1.54) is 0 Å². The first kappa shape index (κ1) is 18.0. The average molecular weight is 396 g/mol. The Morgan fingerprint density at radius 3 is 2.37 bits per heavy atom. The highest BCUT2D eigenvalue weighted by molar-refractivity contribution is 6.12. The molecule has 1 atom stereocenters. The van der Waals surface area contributed by atoms with Crippen LogP contribution in [0, 0.1) is 0 Å². The molecule has 0 saturated heterocycles. The van der Waals surface area contributed by atoms with Crippen LogP contribution in [0.2, 0.25) is 0 Å². The second-order valence-electron chi connectivity index (χ2n) is 7.03. The smallest absolute Gasteiger partial charge is 0.262 e. The number of fused-ring (bicyclic) bond motifs is 1. The lowest BCUT2D eigenvalue weighted by molar-refractivity contribution is 0.0975. The van der Waals surface area contributed by atoms with Crippen molar-refractivity contribution in [1.82, 2.24) is 9.55 Å². The first-order valence-corrected chi connectivity index (χ1v) is 9.66. The van der Waals surface area contributed by atoms with Crippen LogP contribution in [0.15, 0.2) is 91.5 Å². The Labute approximate surface area is 174 Å². The van der Waals surface area contributed by atoms with Gasteiger partial charge in [0.05, 0.1) is 19.0 Å². The van der Waals surface area contributed by atoms with E-state index in [4.69, 9.17) is 4.74 Å². The molecule has 0 radical (unpaired) electrons. The summed E-state index contributed by atoms with van der Waals surface area (Å²) >= 11 is 0. The van der Waals surface area contributed by atoms with E-state index in [1.807, 2.05) is 83.6 Å². The molecule has 1 aliphatic rings. The number of nitrogens with zero attached hydrogens (tertiary/aromatic N) is 3. The SMILES string of the molecule is COc1ccc(N2C(=O)c3ccccc3N[C@@H]2c2ccc(-n3ccnc3)cc2)cc1. The summed E-state index contributed by atoms with van der Waals surface area (Å²) in [7, 11) is 1.63. The minimum atomic E-state index is -0.336. The van der Waals surface area contributed by atoms with E-state index in [0.717, 1.165) is 28.4 Å². The Hall–Kier alpha value is -4.06. The molecule has 0 spiro atoms. The number of ether oxygens (including phenoxy) is 1. The third-order valence-electron chi connectivity index (χ3n) is 5.29. The number of anilines is 2. The zero-order valence-electron chi connectivity index (χ0n) is 16.4. The van der Waals surface area contributed by atoms with Crippen molar-refractivity contribution in [3.63, 3.8) is 0 Å². The molecule has 0 saturated carbocycles. The lowest BCUT2D eigenvalue weighted by Crippen LogP contribution is -2.43. The van der Waals surface area contributed by atoms with Crippen LogP contribution in [-0.4, -0.2) is 22.6 Å². The predicted octanol–water partition coefficient (Wildman–Crippen LogP) is 4.65. The Balaban J connectivity index is 1.57. The van der Waals surface area contributed by atoms with Crippen molar-refractivity contribution >= 4 is 17.3 Å². The van der Waals surface area contributed by atoms with E-state index in [-0.39, 0.29) is 12.1 Å². The highest BCUT2D eigenvalue weighted by atomic mass is 16.5. The molecular formula is C24H20N4O2. The zero-order chi connectivity index (χ0) is 20.5. The third kappa shape index (κ3) is 3.08. The normalized spacial score (nSPS) is 15.4. The number of hydrogen-bond donors (Lipinski definition) is 1. The van der Waals surface area contributed by atoms with Crippen molar-refractivity contribution in [2.75, 3.05) is 17.3 Å². The molecule has 1 aromatic heterocycles. The number of aromatic nitrogens is 2. The maximum Gasteiger partial charge on any atom is 0.262 e. The molecule has 2 heterocycles. The molecule has 148 valence electrons. The van der Waals surface area contributed by atoms with Gasteiger partial charge < -0.3 is 14.6 Å². The molecule has 6 nitrogen and oxygen atoms in total.